The molecule has 1 atom stereocenters. The van der Waals surface area contributed by atoms with Crippen molar-refractivity contribution < 1.29 is 4.39 Å². The van der Waals surface area contributed by atoms with Crippen LogP contribution < -0.4 is 5.73 Å². The first kappa shape index (κ1) is 12.8. The van der Waals surface area contributed by atoms with E-state index in [0.29, 0.717) is 0 Å². The highest BCUT2D eigenvalue weighted by Crippen LogP contribution is 2.24. The van der Waals surface area contributed by atoms with Crippen LogP contribution in [-0.2, 0) is 6.42 Å². The summed E-state index contributed by atoms with van der Waals surface area (Å²) in [5.41, 5.74) is 10.3. The number of benzene rings is 2. The Labute approximate surface area is 107 Å². The predicted octanol–water partition coefficient (Wildman–Crippen LogP) is 3.74. The zero-order chi connectivity index (χ0) is 13.1. The zero-order valence-electron chi connectivity index (χ0n) is 10.8. The van der Waals surface area contributed by atoms with Crippen LogP contribution in [0.4, 0.5) is 4.39 Å². The second-order valence-corrected chi connectivity index (χ2v) is 4.59. The summed E-state index contributed by atoms with van der Waals surface area (Å²) in [4.78, 5) is 0. The number of rotatable bonds is 3. The summed E-state index contributed by atoms with van der Waals surface area (Å²) >= 11 is 0. The summed E-state index contributed by atoms with van der Waals surface area (Å²) in [6.07, 6.45) is 0.929. The molecule has 2 aromatic carbocycles. The van der Waals surface area contributed by atoms with Crippen LogP contribution in [0.2, 0.25) is 0 Å². The summed E-state index contributed by atoms with van der Waals surface area (Å²) < 4.78 is 13.4. The Bertz CT molecular complexity index is 528. The molecule has 2 N–H and O–H groups in total. The van der Waals surface area contributed by atoms with Gasteiger partial charge in [-0.2, -0.15) is 0 Å². The number of hydrogen-bond acceptors (Lipinski definition) is 1. The molecule has 2 rings (SSSR count). The number of aryl methyl sites for hydroxylation is 2. The van der Waals surface area contributed by atoms with Crippen LogP contribution in [-0.4, -0.2) is 0 Å². The lowest BCUT2D eigenvalue weighted by Crippen LogP contribution is -2.14. The molecular formula is C16H18FN. The first-order valence-electron chi connectivity index (χ1n) is 6.22. The van der Waals surface area contributed by atoms with Gasteiger partial charge in [-0.25, -0.2) is 4.39 Å². The van der Waals surface area contributed by atoms with E-state index in [1.54, 1.807) is 0 Å². The Morgan fingerprint density at radius 2 is 1.89 bits per heavy atom. The van der Waals surface area contributed by atoms with Crippen molar-refractivity contribution in [3.05, 3.63) is 70.5 Å². The molecule has 1 nitrogen and oxygen atoms in total. The van der Waals surface area contributed by atoms with Crippen molar-refractivity contribution in [1.29, 1.82) is 0 Å². The van der Waals surface area contributed by atoms with E-state index in [-0.39, 0.29) is 11.9 Å². The summed E-state index contributed by atoms with van der Waals surface area (Å²) in [5.74, 6) is -0.227. The zero-order valence-corrected chi connectivity index (χ0v) is 10.8. The van der Waals surface area contributed by atoms with Gasteiger partial charge in [0.25, 0.3) is 0 Å². The fourth-order valence-electron chi connectivity index (χ4n) is 2.28. The first-order chi connectivity index (χ1) is 8.61. The van der Waals surface area contributed by atoms with Crippen molar-refractivity contribution in [2.75, 3.05) is 0 Å². The number of halogens is 1. The minimum Gasteiger partial charge on any atom is -0.320 e. The third kappa shape index (κ3) is 2.59. The van der Waals surface area contributed by atoms with Crippen LogP contribution in [0.5, 0.6) is 0 Å². The minimum absolute atomic E-state index is 0.227. The SMILES string of the molecule is CCc1ccccc1C(N)c1cc(C)cc(F)c1. The molecule has 0 saturated carbocycles. The highest BCUT2D eigenvalue weighted by molar-refractivity contribution is 5.38. The topological polar surface area (TPSA) is 26.0 Å². The average Bonchev–Trinajstić information content (AvgIpc) is 2.36. The van der Waals surface area contributed by atoms with Gasteiger partial charge in [0.05, 0.1) is 6.04 Å². The van der Waals surface area contributed by atoms with E-state index in [0.717, 1.165) is 23.1 Å². The van der Waals surface area contributed by atoms with E-state index in [9.17, 15) is 4.39 Å². The molecule has 0 bridgehead atoms. The normalized spacial score (nSPS) is 12.4. The molecule has 0 radical (unpaired) electrons. The fraction of sp³-hybridized carbons (Fsp3) is 0.250. The van der Waals surface area contributed by atoms with Gasteiger partial charge in [-0.05, 0) is 47.7 Å². The minimum atomic E-state index is -0.268. The van der Waals surface area contributed by atoms with E-state index in [4.69, 9.17) is 5.73 Å². The quantitative estimate of drug-likeness (QED) is 0.873. The van der Waals surface area contributed by atoms with Crippen molar-refractivity contribution >= 4 is 0 Å². The lowest BCUT2D eigenvalue weighted by Gasteiger charge is -2.17. The van der Waals surface area contributed by atoms with Gasteiger partial charge >= 0.3 is 0 Å². The molecule has 0 aromatic heterocycles. The number of hydrogen-bond donors (Lipinski definition) is 1. The van der Waals surface area contributed by atoms with Gasteiger partial charge in [-0.1, -0.05) is 37.3 Å². The molecule has 0 aliphatic carbocycles. The van der Waals surface area contributed by atoms with Crippen molar-refractivity contribution in [2.24, 2.45) is 5.73 Å². The van der Waals surface area contributed by atoms with Crippen LogP contribution in [0.15, 0.2) is 42.5 Å². The first-order valence-corrected chi connectivity index (χ1v) is 6.22. The van der Waals surface area contributed by atoms with Gasteiger partial charge in [-0.3, -0.25) is 0 Å². The smallest absolute Gasteiger partial charge is 0.123 e. The lowest BCUT2D eigenvalue weighted by molar-refractivity contribution is 0.622. The molecule has 0 aliphatic heterocycles. The van der Waals surface area contributed by atoms with Gasteiger partial charge in [0, 0.05) is 0 Å². The molecule has 1 unspecified atom stereocenters. The summed E-state index contributed by atoms with van der Waals surface area (Å²) in [6, 6.07) is 12.8. The Morgan fingerprint density at radius 3 is 2.56 bits per heavy atom. The molecule has 94 valence electrons. The molecular weight excluding hydrogens is 225 g/mol. The molecule has 0 heterocycles. The Hall–Kier alpha value is -1.67. The van der Waals surface area contributed by atoms with Gasteiger partial charge in [0.15, 0.2) is 0 Å². The van der Waals surface area contributed by atoms with E-state index >= 15 is 0 Å². The maximum absolute atomic E-state index is 13.4. The van der Waals surface area contributed by atoms with Crippen LogP contribution in [0.1, 0.15) is 35.2 Å². The third-order valence-electron chi connectivity index (χ3n) is 3.19. The Kier molecular flexibility index (Phi) is 3.78. The van der Waals surface area contributed by atoms with Crippen molar-refractivity contribution in [1.82, 2.24) is 0 Å². The molecule has 0 spiro atoms. The van der Waals surface area contributed by atoms with Gasteiger partial charge < -0.3 is 5.73 Å². The second kappa shape index (κ2) is 5.32. The highest BCUT2D eigenvalue weighted by Gasteiger charge is 2.13. The number of nitrogens with two attached hydrogens (primary N) is 1. The summed E-state index contributed by atoms with van der Waals surface area (Å²) in [5, 5.41) is 0. The van der Waals surface area contributed by atoms with Gasteiger partial charge in [-0.15, -0.1) is 0 Å². The van der Waals surface area contributed by atoms with Crippen LogP contribution in [0.25, 0.3) is 0 Å². The largest absolute Gasteiger partial charge is 0.320 e. The molecule has 0 aliphatic rings. The summed E-state index contributed by atoms with van der Waals surface area (Å²) in [7, 11) is 0. The molecule has 18 heavy (non-hydrogen) atoms. The molecule has 2 heteroatoms. The van der Waals surface area contributed by atoms with Crippen LogP contribution >= 0.6 is 0 Å². The molecule has 0 fully saturated rings. The van der Waals surface area contributed by atoms with E-state index in [1.807, 2.05) is 31.2 Å². The monoisotopic (exact) mass is 243 g/mol. The van der Waals surface area contributed by atoms with Crippen molar-refractivity contribution in [3.63, 3.8) is 0 Å². The Morgan fingerprint density at radius 1 is 1.17 bits per heavy atom. The van der Waals surface area contributed by atoms with Crippen molar-refractivity contribution in [2.45, 2.75) is 26.3 Å². The van der Waals surface area contributed by atoms with E-state index in [1.165, 1.54) is 17.7 Å². The fourth-order valence-corrected chi connectivity index (χ4v) is 2.28. The van der Waals surface area contributed by atoms with Crippen molar-refractivity contribution in [3.8, 4) is 0 Å². The van der Waals surface area contributed by atoms with Crippen LogP contribution in [0.3, 0.4) is 0 Å². The maximum atomic E-state index is 13.4. The summed E-state index contributed by atoms with van der Waals surface area (Å²) in [6.45, 7) is 3.98. The van der Waals surface area contributed by atoms with Gasteiger partial charge in [0.1, 0.15) is 5.82 Å². The van der Waals surface area contributed by atoms with E-state index < -0.39 is 0 Å². The molecule has 2 aromatic rings. The molecule has 0 amide bonds. The second-order valence-electron chi connectivity index (χ2n) is 4.59. The lowest BCUT2D eigenvalue weighted by atomic mass is 9.93. The maximum Gasteiger partial charge on any atom is 0.123 e. The van der Waals surface area contributed by atoms with E-state index in [2.05, 4.69) is 13.0 Å². The standard InChI is InChI=1S/C16H18FN/c1-3-12-6-4-5-7-15(12)16(18)13-8-11(2)9-14(17)10-13/h4-10,16H,3,18H2,1-2H3. The Balaban J connectivity index is 2.44. The predicted molar refractivity (Wildman–Crippen MR) is 73.0 cm³/mol. The highest BCUT2D eigenvalue weighted by atomic mass is 19.1. The molecule has 0 saturated heterocycles. The van der Waals surface area contributed by atoms with Crippen LogP contribution in [0, 0.1) is 12.7 Å². The third-order valence-corrected chi connectivity index (χ3v) is 3.19. The average molecular weight is 243 g/mol. The van der Waals surface area contributed by atoms with Gasteiger partial charge in [0.2, 0.25) is 0 Å².